The summed E-state index contributed by atoms with van der Waals surface area (Å²) in [6.45, 7) is -0.213. The fraction of sp³-hybridized carbons (Fsp3) is 0.200. The molecular weight excluding hydrogens is 454 g/mol. The molecule has 12 heteroatoms. The van der Waals surface area contributed by atoms with Crippen molar-refractivity contribution in [3.8, 4) is 11.3 Å². The maximum Gasteiger partial charge on any atom is 0.327 e. The molecule has 3 rings (SSSR count). The van der Waals surface area contributed by atoms with Crippen LogP contribution in [0.4, 0.5) is 0 Å². The number of carbonyl (C=O) groups is 2. The van der Waals surface area contributed by atoms with E-state index in [-0.39, 0.29) is 17.2 Å². The Morgan fingerprint density at radius 3 is 2.44 bits per heavy atom. The summed E-state index contributed by atoms with van der Waals surface area (Å²) in [5.74, 6) is -0.779. The lowest BCUT2D eigenvalue weighted by Gasteiger charge is -2.14. The third-order valence-electron chi connectivity index (χ3n) is 4.35. The van der Waals surface area contributed by atoms with Crippen LogP contribution in [0.2, 0.25) is 0 Å². The number of amides is 1. The minimum atomic E-state index is -3.80. The van der Waals surface area contributed by atoms with Crippen LogP contribution < -0.4 is 10.5 Å². The van der Waals surface area contributed by atoms with Crippen LogP contribution in [0.1, 0.15) is 5.56 Å². The molecule has 0 saturated carbocycles. The summed E-state index contributed by atoms with van der Waals surface area (Å²) in [5.41, 5.74) is 2.08. The second-order valence-electron chi connectivity index (χ2n) is 6.83. The van der Waals surface area contributed by atoms with Crippen molar-refractivity contribution in [2.45, 2.75) is 23.2 Å². The molecule has 0 spiro atoms. The highest BCUT2D eigenvalue weighted by Crippen LogP contribution is 2.18. The van der Waals surface area contributed by atoms with Gasteiger partial charge in [-0.25, -0.2) is 23.0 Å². The van der Waals surface area contributed by atoms with Crippen molar-refractivity contribution in [2.24, 2.45) is 5.14 Å². The van der Waals surface area contributed by atoms with Crippen LogP contribution in [-0.4, -0.2) is 52.2 Å². The second-order valence-corrected chi connectivity index (χ2v) is 9.42. The van der Waals surface area contributed by atoms with Crippen LogP contribution in [-0.2, 0) is 31.9 Å². The summed E-state index contributed by atoms with van der Waals surface area (Å²) in [4.78, 5) is 23.8. The van der Waals surface area contributed by atoms with Gasteiger partial charge in [-0.2, -0.15) is 11.8 Å². The van der Waals surface area contributed by atoms with E-state index in [1.54, 1.807) is 0 Å². The molecule has 0 aliphatic carbocycles. The van der Waals surface area contributed by atoms with E-state index >= 15 is 0 Å². The Morgan fingerprint density at radius 1 is 1.12 bits per heavy atom. The van der Waals surface area contributed by atoms with E-state index in [1.165, 1.54) is 46.9 Å². The van der Waals surface area contributed by atoms with E-state index in [0.717, 1.165) is 5.56 Å². The van der Waals surface area contributed by atoms with E-state index in [4.69, 9.17) is 5.14 Å². The molecule has 4 N–H and O–H groups in total. The quantitative estimate of drug-likeness (QED) is 0.393. The Labute approximate surface area is 188 Å². The summed E-state index contributed by atoms with van der Waals surface area (Å²) >= 11 is 1.41. The van der Waals surface area contributed by atoms with Crippen molar-refractivity contribution < 1.29 is 23.1 Å². The van der Waals surface area contributed by atoms with Crippen molar-refractivity contribution in [2.75, 3.05) is 5.75 Å². The summed E-state index contributed by atoms with van der Waals surface area (Å²) < 4.78 is 23.9. The predicted octanol–water partition coefficient (Wildman–Crippen LogP) is 1.10. The van der Waals surface area contributed by atoms with Gasteiger partial charge in [0.2, 0.25) is 15.9 Å². The van der Waals surface area contributed by atoms with Crippen molar-refractivity contribution in [1.29, 1.82) is 0 Å². The average Bonchev–Trinajstić information content (AvgIpc) is 3.21. The Kier molecular flexibility index (Phi) is 7.62. The maximum absolute atomic E-state index is 12.3. The first-order valence-corrected chi connectivity index (χ1v) is 12.1. The molecule has 168 valence electrons. The number of aliphatic carboxylic acids is 1. The Balaban J connectivity index is 1.55. The van der Waals surface area contributed by atoms with Crippen molar-refractivity contribution in [3.05, 3.63) is 66.4 Å². The fourth-order valence-corrected chi connectivity index (χ4v) is 4.28. The molecule has 32 heavy (non-hydrogen) atoms. The van der Waals surface area contributed by atoms with Crippen LogP contribution in [0, 0.1) is 0 Å². The molecule has 3 aromatic rings. The molecular formula is C20H21N5O5S2. The molecule has 1 unspecified atom stereocenters. The van der Waals surface area contributed by atoms with Crippen LogP contribution in [0.25, 0.3) is 11.3 Å². The summed E-state index contributed by atoms with van der Waals surface area (Å²) in [5, 5.41) is 24.8. The standard InChI is InChI=1S/C20H21N5O5S2/c21-32(29,30)16-8-6-15(7-9-16)17-10-25(24-23-17)11-19(26)22-18(20(27)28)13-31-12-14-4-2-1-3-5-14/h1-10,18H,11-13H2,(H,22,26)(H,27,28)(H2,21,29,30). The van der Waals surface area contributed by atoms with Gasteiger partial charge in [0, 0.05) is 17.1 Å². The van der Waals surface area contributed by atoms with Gasteiger partial charge >= 0.3 is 5.97 Å². The molecule has 0 aliphatic heterocycles. The first kappa shape index (κ1) is 23.4. The van der Waals surface area contributed by atoms with Crippen LogP contribution in [0.5, 0.6) is 0 Å². The van der Waals surface area contributed by atoms with Gasteiger partial charge in [-0.1, -0.05) is 47.7 Å². The molecule has 0 saturated heterocycles. The number of rotatable bonds is 10. The molecule has 1 amide bonds. The van der Waals surface area contributed by atoms with Gasteiger partial charge in [0.15, 0.2) is 0 Å². The summed E-state index contributed by atoms with van der Waals surface area (Å²) in [6, 6.07) is 14.3. The monoisotopic (exact) mass is 475 g/mol. The first-order valence-electron chi connectivity index (χ1n) is 9.39. The third-order valence-corrected chi connectivity index (χ3v) is 6.39. The molecule has 1 atom stereocenters. The van der Waals surface area contributed by atoms with Gasteiger partial charge in [-0.05, 0) is 17.7 Å². The zero-order valence-corrected chi connectivity index (χ0v) is 18.4. The maximum atomic E-state index is 12.3. The number of thioether (sulfide) groups is 1. The number of primary sulfonamides is 1. The molecule has 0 radical (unpaired) electrons. The Hall–Kier alpha value is -3.22. The lowest BCUT2D eigenvalue weighted by molar-refractivity contribution is -0.141. The highest BCUT2D eigenvalue weighted by Gasteiger charge is 2.20. The van der Waals surface area contributed by atoms with Gasteiger partial charge in [0.25, 0.3) is 0 Å². The number of sulfonamides is 1. The summed E-state index contributed by atoms with van der Waals surface area (Å²) in [7, 11) is -3.80. The van der Waals surface area contributed by atoms with E-state index in [9.17, 15) is 23.1 Å². The van der Waals surface area contributed by atoms with Gasteiger partial charge < -0.3 is 10.4 Å². The Bertz CT molecular complexity index is 1180. The number of benzene rings is 2. The van der Waals surface area contributed by atoms with E-state index in [2.05, 4.69) is 15.6 Å². The number of carboxylic acids is 1. The highest BCUT2D eigenvalue weighted by atomic mass is 32.2. The molecule has 0 aliphatic rings. The highest BCUT2D eigenvalue weighted by molar-refractivity contribution is 7.98. The summed E-state index contributed by atoms with van der Waals surface area (Å²) in [6.07, 6.45) is 1.51. The average molecular weight is 476 g/mol. The normalized spacial score (nSPS) is 12.3. The molecule has 0 fully saturated rings. The minimum absolute atomic E-state index is 0.0298. The zero-order valence-electron chi connectivity index (χ0n) is 16.8. The molecule has 1 heterocycles. The number of hydrogen-bond donors (Lipinski definition) is 3. The molecule has 0 bridgehead atoms. The third kappa shape index (κ3) is 6.64. The van der Waals surface area contributed by atoms with Gasteiger partial charge in [0.05, 0.1) is 11.1 Å². The van der Waals surface area contributed by atoms with Gasteiger partial charge in [0.1, 0.15) is 18.3 Å². The zero-order chi connectivity index (χ0) is 23.1. The predicted molar refractivity (Wildman–Crippen MR) is 119 cm³/mol. The molecule has 2 aromatic carbocycles. The first-order chi connectivity index (χ1) is 15.2. The largest absolute Gasteiger partial charge is 0.480 e. The Morgan fingerprint density at radius 2 is 1.81 bits per heavy atom. The number of carbonyl (C=O) groups excluding carboxylic acids is 1. The fourth-order valence-electron chi connectivity index (χ4n) is 2.75. The molecule has 10 nitrogen and oxygen atoms in total. The van der Waals surface area contributed by atoms with E-state index in [1.807, 2.05) is 30.3 Å². The second kappa shape index (κ2) is 10.4. The van der Waals surface area contributed by atoms with Gasteiger partial charge in [-0.15, -0.1) is 5.10 Å². The van der Waals surface area contributed by atoms with E-state index < -0.39 is 27.9 Å². The smallest absolute Gasteiger partial charge is 0.327 e. The minimum Gasteiger partial charge on any atom is -0.480 e. The number of nitrogens with two attached hydrogens (primary N) is 1. The number of carboxylic acid groups (broad SMARTS) is 1. The van der Waals surface area contributed by atoms with Crippen molar-refractivity contribution in [3.63, 3.8) is 0 Å². The van der Waals surface area contributed by atoms with Crippen molar-refractivity contribution >= 4 is 33.7 Å². The van der Waals surface area contributed by atoms with Gasteiger partial charge in [-0.3, -0.25) is 4.79 Å². The van der Waals surface area contributed by atoms with Crippen LogP contribution in [0.3, 0.4) is 0 Å². The van der Waals surface area contributed by atoms with Crippen LogP contribution >= 0.6 is 11.8 Å². The number of nitrogens with one attached hydrogen (secondary N) is 1. The van der Waals surface area contributed by atoms with E-state index in [0.29, 0.717) is 17.0 Å². The van der Waals surface area contributed by atoms with Crippen molar-refractivity contribution in [1.82, 2.24) is 20.3 Å². The lowest BCUT2D eigenvalue weighted by Crippen LogP contribution is -2.44. The van der Waals surface area contributed by atoms with Crippen LogP contribution in [0.15, 0.2) is 65.7 Å². The lowest BCUT2D eigenvalue weighted by atomic mass is 10.2. The number of hydrogen-bond acceptors (Lipinski definition) is 7. The topological polar surface area (TPSA) is 157 Å². The number of nitrogens with zero attached hydrogens (tertiary/aromatic N) is 3. The number of aromatic nitrogens is 3. The molecule has 1 aromatic heterocycles. The SMILES string of the molecule is NS(=O)(=O)c1ccc(-c2cn(CC(=O)NC(CSCc3ccccc3)C(=O)O)nn2)cc1.